The van der Waals surface area contributed by atoms with Crippen LogP contribution in [-0.4, -0.2) is 101 Å². The average Bonchev–Trinajstić information content (AvgIpc) is 0.716. The molecule has 4 rings (SSSR count). The summed E-state index contributed by atoms with van der Waals surface area (Å²) in [6, 6.07) is 32.9. The van der Waals surface area contributed by atoms with Crippen molar-refractivity contribution in [3.63, 3.8) is 0 Å². The van der Waals surface area contributed by atoms with Crippen molar-refractivity contribution in [3.8, 4) is 17.2 Å². The summed E-state index contributed by atoms with van der Waals surface area (Å²) in [4.78, 5) is 32.8. The molecule has 0 aliphatic carbocycles. The Morgan fingerprint density at radius 3 is 0.800 bits per heavy atom. The van der Waals surface area contributed by atoms with Gasteiger partial charge in [-0.3, -0.25) is 14.4 Å². The molecule has 0 aromatic heterocycles. The Morgan fingerprint density at radius 1 is 0.358 bits per heavy atom. The minimum absolute atomic E-state index is 0.0556. The number of carbonyl (C=O) groups is 3. The summed E-state index contributed by atoms with van der Waals surface area (Å²) in [6.07, 6.45) is -34.6. The van der Waals surface area contributed by atoms with Crippen molar-refractivity contribution in [1.82, 2.24) is 0 Å². The normalized spacial score (nSPS) is 14.2. The van der Waals surface area contributed by atoms with Crippen LogP contribution in [0, 0.1) is 29.1 Å². The lowest BCUT2D eigenvalue weighted by atomic mass is 9.73. The maximum absolute atomic E-state index is 13.0. The van der Waals surface area contributed by atoms with E-state index in [9.17, 15) is 93.4 Å². The second kappa shape index (κ2) is 42.2. The number of methoxy groups -OCH3 is 1. The van der Waals surface area contributed by atoms with Crippen LogP contribution in [0.2, 0.25) is 0 Å². The van der Waals surface area contributed by atoms with Crippen LogP contribution < -0.4 is 0 Å². The van der Waals surface area contributed by atoms with Gasteiger partial charge in [0.15, 0.2) is 5.92 Å². The number of carbonyl (C=O) groups excluding carboxylic acids is 3. The van der Waals surface area contributed by atoms with E-state index in [-0.39, 0.29) is 24.7 Å². The summed E-state index contributed by atoms with van der Waals surface area (Å²) in [5.74, 6) is -7.65. The highest BCUT2D eigenvalue weighted by molar-refractivity contribution is 5.72. The summed E-state index contributed by atoms with van der Waals surface area (Å²) < 4.78 is 239. The van der Waals surface area contributed by atoms with Gasteiger partial charge in [0.1, 0.15) is 30.5 Å². The highest BCUT2D eigenvalue weighted by Crippen LogP contribution is 2.63. The molecule has 95 heavy (non-hydrogen) atoms. The molecule has 4 aromatic rings. The van der Waals surface area contributed by atoms with E-state index in [1.165, 1.54) is 56.6 Å². The van der Waals surface area contributed by atoms with Gasteiger partial charge in [0.2, 0.25) is 5.41 Å². The van der Waals surface area contributed by atoms with Gasteiger partial charge in [0, 0.05) is 0 Å². The molecular formula is C67H92F18O10. The fourth-order valence-electron chi connectivity index (χ4n) is 7.28. The van der Waals surface area contributed by atoms with Crippen LogP contribution >= 0.6 is 0 Å². The number of phenols is 3. The largest absolute Gasteiger partial charge is 0.508 e. The van der Waals surface area contributed by atoms with Gasteiger partial charge in [-0.1, -0.05) is 164 Å². The summed E-state index contributed by atoms with van der Waals surface area (Å²) in [7, 11) is 1.41. The van der Waals surface area contributed by atoms with E-state index in [1.54, 1.807) is 36.4 Å². The quantitative estimate of drug-likeness (QED) is 0.0404. The fraction of sp³-hybridized carbons (Fsp3) is 0.597. The van der Waals surface area contributed by atoms with Gasteiger partial charge >= 0.3 is 55.0 Å². The molecule has 4 N–H and O–H groups in total. The second-order valence-corrected chi connectivity index (χ2v) is 22.4. The second-order valence-electron chi connectivity index (χ2n) is 22.4. The van der Waals surface area contributed by atoms with Gasteiger partial charge < -0.3 is 34.6 Å². The molecule has 546 valence electrons. The van der Waals surface area contributed by atoms with Gasteiger partial charge in [-0.25, -0.2) is 0 Å². The summed E-state index contributed by atoms with van der Waals surface area (Å²) >= 11 is 0. The Balaban J connectivity index is -0.00000108. The molecule has 4 aromatic carbocycles. The van der Waals surface area contributed by atoms with Gasteiger partial charge in [-0.2, -0.15) is 79.0 Å². The van der Waals surface area contributed by atoms with Gasteiger partial charge in [0.25, 0.3) is 5.60 Å². The van der Waals surface area contributed by atoms with Crippen molar-refractivity contribution in [2.45, 2.75) is 208 Å². The zero-order valence-electron chi connectivity index (χ0n) is 55.8. The molecule has 0 radical (unpaired) electrons. The molecule has 0 saturated heterocycles. The molecule has 0 amide bonds. The van der Waals surface area contributed by atoms with Crippen LogP contribution in [0.4, 0.5) is 79.0 Å². The van der Waals surface area contributed by atoms with Crippen molar-refractivity contribution in [1.29, 1.82) is 0 Å². The molecule has 0 spiro atoms. The number of aliphatic hydroxyl groups is 1. The molecule has 0 bridgehead atoms. The van der Waals surface area contributed by atoms with Crippen LogP contribution in [0.5, 0.6) is 17.2 Å². The zero-order chi connectivity index (χ0) is 74.9. The number of hydrogen-bond donors (Lipinski definition) is 4. The molecule has 7 atom stereocenters. The lowest BCUT2D eigenvalue weighted by molar-refractivity contribution is -0.433. The SMILES string of the molecule is CCC(C)C(=O)OC.CCC(C)C(=O)OCC(C(C(F)(F)F)C(F)(F)F)(C(F)(F)F)C(F)(F)F.CCC(C)C(=O)OCC(O)(C(F)(F)F)C(F)(F)F.CCC(C)c1ccc(O)cc1.CCC(C)c1ccc(O)cc1.CCC(C)c1ccc(O)cc1.CCC(C)c1ccccc1. The number of alkyl halides is 18. The van der Waals surface area contributed by atoms with Crippen molar-refractivity contribution in [2.75, 3.05) is 20.3 Å². The standard InChI is InChI=1S/C12H12F12O2.3C10H14O.C10H14.C9H12F6O3.C6H12O2/c1-3-5(2)6(25)26-4-8(11(19,20)21,12(22,23)24)7(9(13,14)15)10(16,17)18;3*1-3-8(2)9-4-6-10(11)7-5-9;1-3-9(2)10-7-5-4-6-8-10;1-3-5(2)6(16)18-4-7(17,8(10,11)12)9(13,14)15;1-4-5(2)6(7)8-3/h5,7H,3-4H2,1-2H3;3*4-8,11H,3H2,1-2H3;4-9H,3H2,1-2H3;5,17H,3-4H2,1-2H3;5H,4H2,1-3H3. The first-order chi connectivity index (χ1) is 43.4. The smallest absolute Gasteiger partial charge is 0.429 e. The Kier molecular flexibility index (Phi) is 41.1. The molecule has 28 heteroatoms. The van der Waals surface area contributed by atoms with E-state index in [4.69, 9.17) is 20.4 Å². The Bertz CT molecular complexity index is 2550. The van der Waals surface area contributed by atoms with E-state index in [2.05, 4.69) is 99.9 Å². The maximum Gasteiger partial charge on any atom is 0.429 e. The van der Waals surface area contributed by atoms with Crippen LogP contribution in [0.25, 0.3) is 0 Å². The predicted octanol–water partition coefficient (Wildman–Crippen LogP) is 21.0. The Hall–Kier alpha value is -6.61. The minimum atomic E-state index is -7.09. The lowest BCUT2D eigenvalue weighted by Gasteiger charge is -2.43. The monoisotopic (exact) mass is 1400 g/mol. The van der Waals surface area contributed by atoms with E-state index in [0.717, 1.165) is 32.6 Å². The summed E-state index contributed by atoms with van der Waals surface area (Å²) in [6.45, 7) is 20.9. The molecular weight excluding hydrogens is 1310 g/mol. The third kappa shape index (κ3) is 31.9. The molecule has 0 saturated carbocycles. The number of rotatable bonds is 19. The van der Waals surface area contributed by atoms with Crippen molar-refractivity contribution in [2.24, 2.45) is 29.1 Å². The minimum Gasteiger partial charge on any atom is -0.508 e. The maximum atomic E-state index is 13.0. The molecule has 0 heterocycles. The summed E-state index contributed by atoms with van der Waals surface area (Å²) in [5.41, 5.74) is -6.13. The van der Waals surface area contributed by atoms with Gasteiger partial charge in [-0.05, 0) is 127 Å². The van der Waals surface area contributed by atoms with Crippen molar-refractivity contribution < 1.29 is 128 Å². The first kappa shape index (κ1) is 92.6. The van der Waals surface area contributed by atoms with Crippen LogP contribution in [0.15, 0.2) is 103 Å². The van der Waals surface area contributed by atoms with Gasteiger partial charge in [-0.15, -0.1) is 0 Å². The highest BCUT2D eigenvalue weighted by atomic mass is 19.4. The third-order valence-corrected chi connectivity index (χ3v) is 15.4. The molecule has 10 nitrogen and oxygen atoms in total. The van der Waals surface area contributed by atoms with E-state index < -0.39 is 91.0 Å². The number of halogens is 18. The number of esters is 3. The molecule has 0 fully saturated rings. The molecule has 7 unspecified atom stereocenters. The highest BCUT2D eigenvalue weighted by Gasteiger charge is 2.85. The predicted molar refractivity (Wildman–Crippen MR) is 325 cm³/mol. The van der Waals surface area contributed by atoms with Crippen LogP contribution in [-0.2, 0) is 28.6 Å². The number of benzene rings is 4. The van der Waals surface area contributed by atoms with Gasteiger partial charge in [0.05, 0.1) is 24.9 Å². The van der Waals surface area contributed by atoms with Crippen LogP contribution in [0.3, 0.4) is 0 Å². The number of aromatic hydroxyl groups is 3. The molecule has 0 aliphatic rings. The molecule has 0 aliphatic heterocycles. The Labute approximate surface area is 544 Å². The van der Waals surface area contributed by atoms with E-state index in [1.807, 2.05) is 50.2 Å². The van der Waals surface area contributed by atoms with E-state index >= 15 is 0 Å². The topological polar surface area (TPSA) is 160 Å². The van der Waals surface area contributed by atoms with E-state index in [0.29, 0.717) is 40.9 Å². The zero-order valence-corrected chi connectivity index (χ0v) is 55.8. The number of hydrogen-bond acceptors (Lipinski definition) is 10. The third-order valence-electron chi connectivity index (χ3n) is 15.4. The number of ether oxygens (including phenoxy) is 3. The first-order valence-electron chi connectivity index (χ1n) is 30.3. The lowest BCUT2D eigenvalue weighted by Crippen LogP contribution is -2.65. The Morgan fingerprint density at radius 2 is 0.600 bits per heavy atom. The van der Waals surface area contributed by atoms with Crippen LogP contribution in [0.1, 0.15) is 188 Å². The number of phenolic OH excluding ortho intramolecular Hbond substituents is 3. The van der Waals surface area contributed by atoms with Crippen molar-refractivity contribution in [3.05, 3.63) is 125 Å². The average molecular weight is 1400 g/mol. The summed E-state index contributed by atoms with van der Waals surface area (Å²) in [5, 5.41) is 35.7. The van der Waals surface area contributed by atoms with Crippen molar-refractivity contribution >= 4 is 17.9 Å². The first-order valence-corrected chi connectivity index (χ1v) is 30.3. The fourth-order valence-corrected chi connectivity index (χ4v) is 7.28.